The van der Waals surface area contributed by atoms with Gasteiger partial charge < -0.3 is 5.32 Å². The van der Waals surface area contributed by atoms with E-state index in [1.807, 2.05) is 11.8 Å². The second-order valence-corrected chi connectivity index (χ2v) is 6.26. The van der Waals surface area contributed by atoms with Crippen LogP contribution in [0, 0.1) is 0 Å². The van der Waals surface area contributed by atoms with E-state index in [9.17, 15) is 0 Å². The van der Waals surface area contributed by atoms with Crippen molar-refractivity contribution in [3.63, 3.8) is 0 Å². The van der Waals surface area contributed by atoms with E-state index >= 15 is 0 Å². The maximum absolute atomic E-state index is 4.47. The van der Waals surface area contributed by atoms with E-state index < -0.39 is 0 Å². The van der Waals surface area contributed by atoms with Crippen LogP contribution in [0.1, 0.15) is 19.8 Å². The minimum atomic E-state index is 0.681. The van der Waals surface area contributed by atoms with E-state index in [-0.39, 0.29) is 0 Å². The Labute approximate surface area is 88.3 Å². The molecule has 0 bridgehead atoms. The molecule has 0 radical (unpaired) electrons. The maximum atomic E-state index is 4.47. The van der Waals surface area contributed by atoms with Gasteiger partial charge in [0.05, 0.1) is 6.54 Å². The molecule has 1 saturated heterocycles. The molecule has 4 heteroatoms. The fourth-order valence-corrected chi connectivity index (χ4v) is 3.59. The molecule has 2 nitrogen and oxygen atoms in total. The van der Waals surface area contributed by atoms with Crippen molar-refractivity contribution >= 4 is 28.7 Å². The number of amidine groups is 1. The van der Waals surface area contributed by atoms with Crippen LogP contribution in [0.25, 0.3) is 0 Å². The van der Waals surface area contributed by atoms with Crippen molar-refractivity contribution in [3.8, 4) is 0 Å². The summed E-state index contributed by atoms with van der Waals surface area (Å²) < 4.78 is 0. The van der Waals surface area contributed by atoms with Crippen LogP contribution in [0.3, 0.4) is 0 Å². The molecule has 0 saturated carbocycles. The number of hydrogen-bond acceptors (Lipinski definition) is 4. The molecule has 0 aromatic carbocycles. The number of rotatable bonds is 1. The SMILES string of the molecule is CC1CN=C(NC2CCSCC2)S1. The van der Waals surface area contributed by atoms with Gasteiger partial charge in [0.1, 0.15) is 0 Å². The van der Waals surface area contributed by atoms with Gasteiger partial charge in [0.15, 0.2) is 5.17 Å². The Hall–Kier alpha value is 0.170. The molecule has 1 unspecified atom stereocenters. The summed E-state index contributed by atoms with van der Waals surface area (Å²) in [5.74, 6) is 2.62. The zero-order valence-corrected chi connectivity index (χ0v) is 9.59. The molecule has 2 heterocycles. The summed E-state index contributed by atoms with van der Waals surface area (Å²) in [5.41, 5.74) is 0. The van der Waals surface area contributed by atoms with Crippen LogP contribution in [-0.2, 0) is 0 Å². The third-order valence-electron chi connectivity index (χ3n) is 2.35. The van der Waals surface area contributed by atoms with Crippen LogP contribution < -0.4 is 5.32 Å². The quantitative estimate of drug-likeness (QED) is 0.725. The van der Waals surface area contributed by atoms with E-state index in [0.717, 1.165) is 6.54 Å². The minimum absolute atomic E-state index is 0.681. The zero-order valence-electron chi connectivity index (χ0n) is 7.95. The Balaban J connectivity index is 1.77. The zero-order chi connectivity index (χ0) is 9.10. The molecular formula is C9H16N2S2. The molecule has 0 aliphatic carbocycles. The molecule has 1 atom stereocenters. The van der Waals surface area contributed by atoms with Crippen molar-refractivity contribution in [3.05, 3.63) is 0 Å². The van der Waals surface area contributed by atoms with Crippen LogP contribution in [0.2, 0.25) is 0 Å². The smallest absolute Gasteiger partial charge is 0.157 e. The summed E-state index contributed by atoms with van der Waals surface area (Å²) in [6.07, 6.45) is 2.61. The highest BCUT2D eigenvalue weighted by Crippen LogP contribution is 2.22. The first-order valence-corrected chi connectivity index (χ1v) is 6.93. The Kier molecular flexibility index (Phi) is 3.44. The highest BCUT2D eigenvalue weighted by molar-refractivity contribution is 8.14. The van der Waals surface area contributed by atoms with Gasteiger partial charge in [-0.25, -0.2) is 0 Å². The van der Waals surface area contributed by atoms with Gasteiger partial charge in [-0.2, -0.15) is 11.8 Å². The highest BCUT2D eigenvalue weighted by atomic mass is 32.2. The van der Waals surface area contributed by atoms with Gasteiger partial charge >= 0.3 is 0 Å². The van der Waals surface area contributed by atoms with E-state index in [0.29, 0.717) is 11.3 Å². The van der Waals surface area contributed by atoms with Crippen LogP contribution >= 0.6 is 23.5 Å². The lowest BCUT2D eigenvalue weighted by Gasteiger charge is -2.23. The number of aliphatic imine (C=N–C) groups is 1. The normalized spacial score (nSPS) is 30.2. The van der Waals surface area contributed by atoms with Crippen molar-refractivity contribution in [2.75, 3.05) is 18.1 Å². The lowest BCUT2D eigenvalue weighted by Crippen LogP contribution is -2.35. The van der Waals surface area contributed by atoms with Gasteiger partial charge in [-0.15, -0.1) is 0 Å². The summed E-state index contributed by atoms with van der Waals surface area (Å²) in [4.78, 5) is 4.47. The first-order valence-electron chi connectivity index (χ1n) is 4.90. The number of hydrogen-bond donors (Lipinski definition) is 1. The van der Waals surface area contributed by atoms with Crippen molar-refractivity contribution in [1.29, 1.82) is 0 Å². The minimum Gasteiger partial charge on any atom is -0.362 e. The van der Waals surface area contributed by atoms with Crippen LogP contribution in [0.4, 0.5) is 0 Å². The van der Waals surface area contributed by atoms with Gasteiger partial charge in [0.25, 0.3) is 0 Å². The average Bonchev–Trinajstić information content (AvgIpc) is 2.53. The third kappa shape index (κ3) is 2.81. The van der Waals surface area contributed by atoms with Crippen molar-refractivity contribution in [2.24, 2.45) is 4.99 Å². The first-order chi connectivity index (χ1) is 6.34. The standard InChI is InChI=1S/C9H16N2S2/c1-7-6-10-9(13-7)11-8-2-4-12-5-3-8/h7-8H,2-6H2,1H3,(H,10,11). The number of nitrogens with one attached hydrogen (secondary N) is 1. The molecule has 0 spiro atoms. The van der Waals surface area contributed by atoms with Crippen molar-refractivity contribution in [1.82, 2.24) is 5.32 Å². The third-order valence-corrected chi connectivity index (χ3v) is 4.42. The van der Waals surface area contributed by atoms with Crippen LogP contribution in [-0.4, -0.2) is 34.5 Å². The van der Waals surface area contributed by atoms with Gasteiger partial charge in [-0.05, 0) is 24.3 Å². The van der Waals surface area contributed by atoms with E-state index in [4.69, 9.17) is 0 Å². The van der Waals surface area contributed by atoms with Gasteiger partial charge in [0.2, 0.25) is 0 Å². The number of thioether (sulfide) groups is 2. The van der Waals surface area contributed by atoms with E-state index in [2.05, 4.69) is 29.0 Å². The van der Waals surface area contributed by atoms with Crippen molar-refractivity contribution < 1.29 is 0 Å². The van der Waals surface area contributed by atoms with E-state index in [1.54, 1.807) is 0 Å². The maximum Gasteiger partial charge on any atom is 0.157 e. The Morgan fingerprint density at radius 2 is 2.15 bits per heavy atom. The van der Waals surface area contributed by atoms with Crippen molar-refractivity contribution in [2.45, 2.75) is 31.1 Å². The molecule has 0 aromatic heterocycles. The van der Waals surface area contributed by atoms with E-state index in [1.165, 1.54) is 29.5 Å². The Morgan fingerprint density at radius 3 is 2.77 bits per heavy atom. The van der Waals surface area contributed by atoms with Gasteiger partial charge in [0, 0.05) is 11.3 Å². The van der Waals surface area contributed by atoms with Gasteiger partial charge in [-0.3, -0.25) is 4.99 Å². The molecule has 2 aliphatic rings. The topological polar surface area (TPSA) is 24.4 Å². The predicted molar refractivity (Wildman–Crippen MR) is 62.8 cm³/mol. The highest BCUT2D eigenvalue weighted by Gasteiger charge is 2.19. The second kappa shape index (κ2) is 4.60. The summed E-state index contributed by atoms with van der Waals surface area (Å²) in [6, 6.07) is 0.692. The lowest BCUT2D eigenvalue weighted by molar-refractivity contribution is 0.570. The van der Waals surface area contributed by atoms with Crippen LogP contribution in [0.15, 0.2) is 4.99 Å². The van der Waals surface area contributed by atoms with Crippen LogP contribution in [0.5, 0.6) is 0 Å². The summed E-state index contributed by atoms with van der Waals surface area (Å²) in [6.45, 7) is 3.23. The molecule has 0 aromatic rings. The monoisotopic (exact) mass is 216 g/mol. The fraction of sp³-hybridized carbons (Fsp3) is 0.889. The van der Waals surface area contributed by atoms with Gasteiger partial charge in [-0.1, -0.05) is 18.7 Å². The molecule has 1 fully saturated rings. The lowest BCUT2D eigenvalue weighted by atomic mass is 10.2. The summed E-state index contributed by atoms with van der Waals surface area (Å²) >= 11 is 3.96. The molecule has 2 aliphatic heterocycles. The summed E-state index contributed by atoms with van der Waals surface area (Å²) in [7, 11) is 0. The molecule has 0 amide bonds. The first kappa shape index (κ1) is 9.71. The second-order valence-electron chi connectivity index (χ2n) is 3.61. The Morgan fingerprint density at radius 1 is 1.38 bits per heavy atom. The molecular weight excluding hydrogens is 200 g/mol. The average molecular weight is 216 g/mol. The molecule has 1 N–H and O–H groups in total. The largest absolute Gasteiger partial charge is 0.362 e. The predicted octanol–water partition coefficient (Wildman–Crippen LogP) is 1.96. The molecule has 2 rings (SSSR count). The molecule has 74 valence electrons. The molecule has 13 heavy (non-hydrogen) atoms. The Bertz CT molecular complexity index is 200. The summed E-state index contributed by atoms with van der Waals surface area (Å²) in [5, 5.41) is 5.41. The number of nitrogens with zero attached hydrogens (tertiary/aromatic N) is 1. The fourth-order valence-electron chi connectivity index (χ4n) is 1.57.